The summed E-state index contributed by atoms with van der Waals surface area (Å²) < 4.78 is 0. The molecule has 19 heavy (non-hydrogen) atoms. The van der Waals surface area contributed by atoms with Gasteiger partial charge in [-0.1, -0.05) is 0 Å². The van der Waals surface area contributed by atoms with Crippen LogP contribution in [0.2, 0.25) is 0 Å². The second kappa shape index (κ2) is 5.17. The fourth-order valence-electron chi connectivity index (χ4n) is 2.63. The first kappa shape index (κ1) is 13.0. The van der Waals surface area contributed by atoms with Gasteiger partial charge in [0.2, 0.25) is 0 Å². The van der Waals surface area contributed by atoms with E-state index >= 15 is 0 Å². The topological polar surface area (TPSA) is 57.6 Å². The van der Waals surface area contributed by atoms with Crippen LogP contribution < -0.4 is 0 Å². The van der Waals surface area contributed by atoms with Gasteiger partial charge in [0.1, 0.15) is 6.04 Å². The SMILES string of the molecule is O=C(O)C1CSCCN1C(=O)c1cc2c(s1)CCC2. The van der Waals surface area contributed by atoms with E-state index in [2.05, 4.69) is 0 Å². The Balaban J connectivity index is 1.83. The number of amides is 1. The second-order valence-corrected chi connectivity index (χ2v) is 7.13. The van der Waals surface area contributed by atoms with Gasteiger partial charge in [0, 0.05) is 22.9 Å². The lowest BCUT2D eigenvalue weighted by Gasteiger charge is -2.32. The van der Waals surface area contributed by atoms with Crippen molar-refractivity contribution in [2.45, 2.75) is 25.3 Å². The van der Waals surface area contributed by atoms with Crippen LogP contribution in [0, 0.1) is 0 Å². The van der Waals surface area contributed by atoms with Crippen LogP contribution in [-0.2, 0) is 17.6 Å². The van der Waals surface area contributed by atoms with Gasteiger partial charge in [0.25, 0.3) is 5.91 Å². The Morgan fingerprint density at radius 1 is 1.37 bits per heavy atom. The van der Waals surface area contributed by atoms with E-state index in [-0.39, 0.29) is 5.91 Å². The highest BCUT2D eigenvalue weighted by Gasteiger charge is 2.34. The number of carboxylic acid groups (broad SMARTS) is 1. The van der Waals surface area contributed by atoms with Gasteiger partial charge < -0.3 is 10.0 Å². The molecular formula is C13H15NO3S2. The number of thiophene rings is 1. The molecule has 0 aromatic carbocycles. The van der Waals surface area contributed by atoms with E-state index in [9.17, 15) is 14.7 Å². The minimum absolute atomic E-state index is 0.105. The van der Waals surface area contributed by atoms with Gasteiger partial charge in [0.05, 0.1) is 4.88 Å². The van der Waals surface area contributed by atoms with Gasteiger partial charge in [-0.2, -0.15) is 11.8 Å². The molecule has 1 aromatic heterocycles. The minimum atomic E-state index is -0.898. The van der Waals surface area contributed by atoms with Crippen molar-refractivity contribution in [3.05, 3.63) is 21.4 Å². The van der Waals surface area contributed by atoms with Gasteiger partial charge in [-0.15, -0.1) is 11.3 Å². The van der Waals surface area contributed by atoms with E-state index in [1.807, 2.05) is 6.07 Å². The van der Waals surface area contributed by atoms with Crippen LogP contribution in [0.3, 0.4) is 0 Å². The molecule has 102 valence electrons. The Labute approximate surface area is 119 Å². The molecule has 2 aliphatic rings. The zero-order valence-electron chi connectivity index (χ0n) is 10.4. The van der Waals surface area contributed by atoms with E-state index in [1.165, 1.54) is 21.8 Å². The smallest absolute Gasteiger partial charge is 0.327 e. The number of nitrogens with zero attached hydrogens (tertiary/aromatic N) is 1. The molecule has 0 spiro atoms. The van der Waals surface area contributed by atoms with Crippen molar-refractivity contribution in [1.29, 1.82) is 0 Å². The summed E-state index contributed by atoms with van der Waals surface area (Å²) >= 11 is 3.15. The third-order valence-corrected chi connectivity index (χ3v) is 5.88. The summed E-state index contributed by atoms with van der Waals surface area (Å²) in [5.74, 6) is 0.309. The first-order valence-corrected chi connectivity index (χ1v) is 8.37. The van der Waals surface area contributed by atoms with E-state index in [4.69, 9.17) is 0 Å². The molecule has 1 N–H and O–H groups in total. The summed E-state index contributed by atoms with van der Waals surface area (Å²) in [6, 6.07) is 1.29. The Bertz CT molecular complexity index is 504. The Morgan fingerprint density at radius 3 is 2.95 bits per heavy atom. The zero-order chi connectivity index (χ0) is 13.4. The number of thioether (sulfide) groups is 1. The number of rotatable bonds is 2. The van der Waals surface area contributed by atoms with Crippen molar-refractivity contribution in [2.75, 3.05) is 18.1 Å². The molecule has 1 unspecified atom stereocenters. The summed E-state index contributed by atoms with van der Waals surface area (Å²) in [5, 5.41) is 9.22. The molecule has 1 aliphatic carbocycles. The Morgan fingerprint density at radius 2 is 2.21 bits per heavy atom. The van der Waals surface area contributed by atoms with Crippen LogP contribution in [0.5, 0.6) is 0 Å². The van der Waals surface area contributed by atoms with Crippen molar-refractivity contribution in [2.24, 2.45) is 0 Å². The van der Waals surface area contributed by atoms with Gasteiger partial charge in [-0.25, -0.2) is 4.79 Å². The second-order valence-electron chi connectivity index (χ2n) is 4.84. The molecule has 1 aromatic rings. The van der Waals surface area contributed by atoms with Crippen molar-refractivity contribution >= 4 is 35.0 Å². The van der Waals surface area contributed by atoms with Crippen LogP contribution in [-0.4, -0.2) is 46.0 Å². The van der Waals surface area contributed by atoms with E-state index in [0.717, 1.165) is 18.6 Å². The number of carbonyl (C=O) groups is 2. The lowest BCUT2D eigenvalue weighted by Crippen LogP contribution is -2.50. The van der Waals surface area contributed by atoms with Crippen molar-refractivity contribution in [3.63, 3.8) is 0 Å². The maximum Gasteiger partial charge on any atom is 0.327 e. The highest BCUT2D eigenvalue weighted by molar-refractivity contribution is 7.99. The molecule has 2 heterocycles. The average molecular weight is 297 g/mol. The molecule has 1 saturated heterocycles. The maximum absolute atomic E-state index is 12.5. The summed E-state index contributed by atoms with van der Waals surface area (Å²) in [5.41, 5.74) is 1.28. The fraction of sp³-hybridized carbons (Fsp3) is 0.538. The van der Waals surface area contributed by atoms with E-state index < -0.39 is 12.0 Å². The highest BCUT2D eigenvalue weighted by atomic mass is 32.2. The number of hydrogen-bond donors (Lipinski definition) is 1. The summed E-state index contributed by atoms with van der Waals surface area (Å²) in [7, 11) is 0. The third kappa shape index (κ3) is 2.39. The lowest BCUT2D eigenvalue weighted by atomic mass is 10.2. The maximum atomic E-state index is 12.5. The predicted octanol–water partition coefficient (Wildman–Crippen LogP) is 1.88. The molecular weight excluding hydrogens is 282 g/mol. The van der Waals surface area contributed by atoms with Crippen LogP contribution in [0.4, 0.5) is 0 Å². The summed E-state index contributed by atoms with van der Waals surface area (Å²) in [6.07, 6.45) is 3.29. The molecule has 6 heteroatoms. The molecule has 4 nitrogen and oxygen atoms in total. The Hall–Kier alpha value is -1.01. The van der Waals surface area contributed by atoms with E-state index in [1.54, 1.807) is 23.1 Å². The molecule has 0 bridgehead atoms. The van der Waals surface area contributed by atoms with Crippen LogP contribution in [0.25, 0.3) is 0 Å². The normalized spacial score (nSPS) is 22.3. The fourth-order valence-corrected chi connectivity index (χ4v) is 4.88. The number of aryl methyl sites for hydroxylation is 2. The molecule has 3 rings (SSSR count). The average Bonchev–Trinajstić information content (AvgIpc) is 2.98. The first-order chi connectivity index (χ1) is 9.16. The molecule has 1 fully saturated rings. The quantitative estimate of drug-likeness (QED) is 0.905. The van der Waals surface area contributed by atoms with Crippen molar-refractivity contribution in [3.8, 4) is 0 Å². The van der Waals surface area contributed by atoms with Gasteiger partial charge >= 0.3 is 5.97 Å². The minimum Gasteiger partial charge on any atom is -0.480 e. The number of fused-ring (bicyclic) bond motifs is 1. The molecule has 1 amide bonds. The standard InChI is InChI=1S/C13H15NO3S2/c15-12(11-6-8-2-1-3-10(8)19-11)14-4-5-18-7-9(14)13(16)17/h6,9H,1-5,7H2,(H,16,17). The van der Waals surface area contributed by atoms with E-state index in [0.29, 0.717) is 17.2 Å². The number of aliphatic carboxylic acids is 1. The summed E-state index contributed by atoms with van der Waals surface area (Å²) in [6.45, 7) is 0.531. The Kier molecular flexibility index (Phi) is 3.54. The molecule has 1 atom stereocenters. The largest absolute Gasteiger partial charge is 0.480 e. The number of carbonyl (C=O) groups excluding carboxylic acids is 1. The van der Waals surface area contributed by atoms with Crippen molar-refractivity contribution in [1.82, 2.24) is 4.90 Å². The highest BCUT2D eigenvalue weighted by Crippen LogP contribution is 2.32. The molecule has 0 radical (unpaired) electrons. The molecule has 1 aliphatic heterocycles. The lowest BCUT2D eigenvalue weighted by molar-refractivity contribution is -0.141. The van der Waals surface area contributed by atoms with Gasteiger partial charge in [0.15, 0.2) is 0 Å². The van der Waals surface area contributed by atoms with Crippen LogP contribution in [0.1, 0.15) is 26.5 Å². The number of hydrogen-bond acceptors (Lipinski definition) is 4. The van der Waals surface area contributed by atoms with Crippen molar-refractivity contribution < 1.29 is 14.7 Å². The van der Waals surface area contributed by atoms with Gasteiger partial charge in [-0.3, -0.25) is 4.79 Å². The van der Waals surface area contributed by atoms with Gasteiger partial charge in [-0.05, 0) is 30.9 Å². The monoisotopic (exact) mass is 297 g/mol. The molecule has 0 saturated carbocycles. The number of carboxylic acids is 1. The van der Waals surface area contributed by atoms with Crippen LogP contribution in [0.15, 0.2) is 6.07 Å². The predicted molar refractivity (Wildman–Crippen MR) is 76.1 cm³/mol. The zero-order valence-corrected chi connectivity index (χ0v) is 12.1. The first-order valence-electron chi connectivity index (χ1n) is 6.40. The third-order valence-electron chi connectivity index (χ3n) is 3.63. The van der Waals surface area contributed by atoms with Crippen LogP contribution >= 0.6 is 23.1 Å². The summed E-state index contributed by atoms with van der Waals surface area (Å²) in [4.78, 5) is 27.3.